The molecule has 0 fully saturated rings. The van der Waals surface area contributed by atoms with Crippen LogP contribution in [0.4, 0.5) is 0 Å². The van der Waals surface area contributed by atoms with Gasteiger partial charge in [0.05, 0.1) is 23.4 Å². The number of fused-ring (bicyclic) bond motifs is 2. The Morgan fingerprint density at radius 1 is 1.05 bits per heavy atom. The minimum atomic E-state index is -0.961. The van der Waals surface area contributed by atoms with Gasteiger partial charge < -0.3 is 19.7 Å². The Morgan fingerprint density at radius 2 is 1.90 bits per heavy atom. The van der Waals surface area contributed by atoms with Gasteiger partial charge in [0.15, 0.2) is 0 Å². The molecule has 0 amide bonds. The van der Waals surface area contributed by atoms with Gasteiger partial charge in [-0.1, -0.05) is 35.9 Å². The predicted molar refractivity (Wildman–Crippen MR) is 156 cm³/mol. The second-order valence-corrected chi connectivity index (χ2v) is 11.4. The lowest BCUT2D eigenvalue weighted by atomic mass is 9.89. The molecule has 40 heavy (non-hydrogen) atoms. The molecule has 4 aromatic rings. The number of rotatable bonds is 11. The highest BCUT2D eigenvalue weighted by molar-refractivity contribution is 7.99. The first-order chi connectivity index (χ1) is 19.4. The summed E-state index contributed by atoms with van der Waals surface area (Å²) < 4.78 is 12.3. The molecule has 2 heterocycles. The van der Waals surface area contributed by atoms with Crippen molar-refractivity contribution in [2.75, 3.05) is 12.4 Å². The van der Waals surface area contributed by atoms with E-state index in [2.05, 4.69) is 4.98 Å². The zero-order chi connectivity index (χ0) is 28.1. The van der Waals surface area contributed by atoms with Gasteiger partial charge in [-0.25, -0.2) is 9.78 Å². The number of thioether (sulfide) groups is 1. The quantitative estimate of drug-likeness (QED) is 0.183. The van der Waals surface area contributed by atoms with Crippen LogP contribution in [0.15, 0.2) is 72.8 Å². The number of carboxylic acids is 2. The number of aromatic nitrogens is 1. The molecule has 0 bridgehead atoms. The number of ether oxygens (including phenoxy) is 2. The van der Waals surface area contributed by atoms with E-state index < -0.39 is 11.9 Å². The molecular weight excluding hydrogens is 550 g/mol. The molecule has 0 radical (unpaired) electrons. The van der Waals surface area contributed by atoms with Crippen LogP contribution in [0.5, 0.6) is 11.5 Å². The molecule has 2 atom stereocenters. The first-order valence-corrected chi connectivity index (χ1v) is 14.4. The lowest BCUT2D eigenvalue weighted by Crippen LogP contribution is -2.26. The number of hydrogen-bond acceptors (Lipinski definition) is 6. The standard InChI is InChI=1S/C31H28ClNO6S/c32-23-8-6-20-7-9-24(33-27(20)15-23)18-38-25-10-11-28-26(16-25)30(40-12-2-5-29(34)35)22(17-39-28)14-19-3-1-4-21(13-19)31(36)37/h1,3-4,6-11,13,15-16,22,30H,2,5,12,14,17-18H2,(H,34,35)(H,36,37). The largest absolute Gasteiger partial charge is 0.493 e. The van der Waals surface area contributed by atoms with Gasteiger partial charge in [-0.05, 0) is 72.7 Å². The molecule has 1 aromatic heterocycles. The third kappa shape index (κ3) is 6.87. The van der Waals surface area contributed by atoms with Crippen LogP contribution in [0.2, 0.25) is 5.02 Å². The minimum Gasteiger partial charge on any atom is -0.493 e. The lowest BCUT2D eigenvalue weighted by Gasteiger charge is -2.34. The van der Waals surface area contributed by atoms with E-state index in [1.807, 2.05) is 54.6 Å². The molecule has 2 unspecified atom stereocenters. The van der Waals surface area contributed by atoms with Crippen LogP contribution < -0.4 is 9.47 Å². The van der Waals surface area contributed by atoms with Crippen LogP contribution in [-0.2, 0) is 17.8 Å². The van der Waals surface area contributed by atoms with Gasteiger partial charge in [0.25, 0.3) is 0 Å². The maximum absolute atomic E-state index is 11.5. The Morgan fingerprint density at radius 3 is 2.73 bits per heavy atom. The summed E-state index contributed by atoms with van der Waals surface area (Å²) in [6, 6.07) is 22.3. The van der Waals surface area contributed by atoms with Crippen LogP contribution >= 0.6 is 23.4 Å². The monoisotopic (exact) mass is 577 g/mol. The number of benzene rings is 3. The highest BCUT2D eigenvalue weighted by atomic mass is 35.5. The van der Waals surface area contributed by atoms with Crippen LogP contribution in [0.25, 0.3) is 10.9 Å². The van der Waals surface area contributed by atoms with E-state index in [4.69, 9.17) is 26.2 Å². The van der Waals surface area contributed by atoms with Crippen molar-refractivity contribution < 1.29 is 29.3 Å². The molecule has 5 rings (SSSR count). The number of carbonyl (C=O) groups is 2. The number of nitrogens with zero attached hydrogens (tertiary/aromatic N) is 1. The van der Waals surface area contributed by atoms with E-state index in [1.54, 1.807) is 30.0 Å². The van der Waals surface area contributed by atoms with E-state index in [0.29, 0.717) is 36.0 Å². The van der Waals surface area contributed by atoms with Gasteiger partial charge in [0, 0.05) is 33.6 Å². The highest BCUT2D eigenvalue weighted by Crippen LogP contribution is 2.47. The van der Waals surface area contributed by atoms with Crippen LogP contribution in [0.3, 0.4) is 0 Å². The second kappa shape index (κ2) is 12.6. The number of aliphatic carboxylic acids is 1. The smallest absolute Gasteiger partial charge is 0.335 e. The van der Waals surface area contributed by atoms with Crippen molar-refractivity contribution in [3.63, 3.8) is 0 Å². The summed E-state index contributed by atoms with van der Waals surface area (Å²) in [5.74, 6) is 0.426. The molecular formula is C31H28ClNO6S. The zero-order valence-corrected chi connectivity index (χ0v) is 23.2. The molecule has 206 valence electrons. The molecule has 0 saturated carbocycles. The van der Waals surface area contributed by atoms with Crippen molar-refractivity contribution >= 4 is 46.2 Å². The number of pyridine rings is 1. The molecule has 1 aliphatic rings. The SMILES string of the molecule is O=C(O)CCCSC1c2cc(OCc3ccc4ccc(Cl)cc4n3)ccc2OCC1Cc1cccc(C(=O)O)c1. The topological polar surface area (TPSA) is 106 Å². The minimum absolute atomic E-state index is 0.0236. The van der Waals surface area contributed by atoms with Crippen LogP contribution in [0, 0.1) is 5.92 Å². The van der Waals surface area contributed by atoms with Gasteiger partial charge in [0.1, 0.15) is 18.1 Å². The van der Waals surface area contributed by atoms with Crippen molar-refractivity contribution in [2.45, 2.75) is 31.1 Å². The number of halogens is 1. The summed E-state index contributed by atoms with van der Waals surface area (Å²) in [5, 5.41) is 20.1. The molecule has 0 saturated heterocycles. The maximum Gasteiger partial charge on any atom is 0.335 e. The first kappa shape index (κ1) is 27.8. The van der Waals surface area contributed by atoms with E-state index in [-0.39, 0.29) is 29.8 Å². The third-order valence-corrected chi connectivity index (χ3v) is 8.53. The fourth-order valence-electron chi connectivity index (χ4n) is 4.84. The van der Waals surface area contributed by atoms with Crippen molar-refractivity contribution in [3.8, 4) is 11.5 Å². The summed E-state index contributed by atoms with van der Waals surface area (Å²) in [7, 11) is 0. The maximum atomic E-state index is 11.5. The molecule has 7 nitrogen and oxygen atoms in total. The second-order valence-electron chi connectivity index (χ2n) is 9.70. The van der Waals surface area contributed by atoms with E-state index in [0.717, 1.165) is 33.5 Å². The predicted octanol–water partition coefficient (Wildman–Crippen LogP) is 7.06. The highest BCUT2D eigenvalue weighted by Gasteiger charge is 2.32. The molecule has 2 N–H and O–H groups in total. The lowest BCUT2D eigenvalue weighted by molar-refractivity contribution is -0.137. The summed E-state index contributed by atoms with van der Waals surface area (Å²) in [4.78, 5) is 27.2. The van der Waals surface area contributed by atoms with Gasteiger partial charge in [0.2, 0.25) is 0 Å². The van der Waals surface area contributed by atoms with E-state index >= 15 is 0 Å². The fourth-order valence-corrected chi connectivity index (χ4v) is 6.38. The normalized spacial score (nSPS) is 16.2. The number of carboxylic acid groups (broad SMARTS) is 2. The van der Waals surface area contributed by atoms with Crippen molar-refractivity contribution in [1.29, 1.82) is 0 Å². The Balaban J connectivity index is 1.35. The van der Waals surface area contributed by atoms with E-state index in [1.165, 1.54) is 0 Å². The van der Waals surface area contributed by atoms with Crippen LogP contribution in [0.1, 0.15) is 45.3 Å². The average Bonchev–Trinajstić information content (AvgIpc) is 2.94. The summed E-state index contributed by atoms with van der Waals surface area (Å²) >= 11 is 7.84. The molecule has 0 spiro atoms. The Bertz CT molecular complexity index is 1540. The third-order valence-electron chi connectivity index (χ3n) is 6.77. The van der Waals surface area contributed by atoms with Gasteiger partial charge >= 0.3 is 11.9 Å². The average molecular weight is 578 g/mol. The molecule has 9 heteroatoms. The Labute approximate surface area is 241 Å². The summed E-state index contributed by atoms with van der Waals surface area (Å²) in [6.45, 7) is 0.759. The van der Waals surface area contributed by atoms with Gasteiger partial charge in [-0.3, -0.25) is 4.79 Å². The first-order valence-electron chi connectivity index (χ1n) is 13.0. The van der Waals surface area contributed by atoms with Gasteiger partial charge in [-0.2, -0.15) is 11.8 Å². The van der Waals surface area contributed by atoms with Crippen molar-refractivity contribution in [2.24, 2.45) is 5.92 Å². The molecule has 1 aliphatic heterocycles. The molecule has 3 aromatic carbocycles. The number of hydrogen-bond donors (Lipinski definition) is 2. The summed E-state index contributed by atoms with van der Waals surface area (Å²) in [5.41, 5.74) is 3.74. The number of aromatic carboxylic acids is 1. The zero-order valence-electron chi connectivity index (χ0n) is 21.6. The van der Waals surface area contributed by atoms with E-state index in [9.17, 15) is 14.7 Å². The van der Waals surface area contributed by atoms with Crippen molar-refractivity contribution in [3.05, 3.63) is 100 Å². The van der Waals surface area contributed by atoms with Gasteiger partial charge in [-0.15, -0.1) is 0 Å². The molecule has 0 aliphatic carbocycles. The van der Waals surface area contributed by atoms with Crippen LogP contribution in [-0.4, -0.2) is 39.5 Å². The Hall–Kier alpha value is -3.75. The summed E-state index contributed by atoms with van der Waals surface area (Å²) in [6.07, 6.45) is 1.30. The van der Waals surface area contributed by atoms with Crippen molar-refractivity contribution in [1.82, 2.24) is 4.98 Å². The Kier molecular flexibility index (Phi) is 8.77. The fraction of sp³-hybridized carbons (Fsp3) is 0.258.